The number of hydrogen-bond acceptors (Lipinski definition) is 3. The molecule has 1 aromatic rings. The molecule has 0 saturated heterocycles. The van der Waals surface area contributed by atoms with Crippen molar-refractivity contribution in [2.45, 2.75) is 33.2 Å². The summed E-state index contributed by atoms with van der Waals surface area (Å²) in [5.41, 5.74) is 1.27. The fourth-order valence-corrected chi connectivity index (χ4v) is 1.52. The number of hydrogen-bond donors (Lipinski definition) is 1. The van der Waals surface area contributed by atoms with E-state index in [2.05, 4.69) is 24.4 Å². The standard InChI is InChI=1S/C11H15NO2.C2H6/c1-8(12-2)5-9-3-4-10-11(6-9)14-7-13-10;1-2/h3-4,6,8,12H,5,7H2,1-2H3;1-2H3. The van der Waals surface area contributed by atoms with Gasteiger partial charge in [0.05, 0.1) is 0 Å². The summed E-state index contributed by atoms with van der Waals surface area (Å²) in [5.74, 6) is 1.72. The first-order valence-electron chi connectivity index (χ1n) is 5.85. The lowest BCUT2D eigenvalue weighted by molar-refractivity contribution is 0.174. The normalized spacial score (nSPS) is 14.0. The van der Waals surface area contributed by atoms with E-state index in [0.717, 1.165) is 17.9 Å². The van der Waals surface area contributed by atoms with E-state index in [9.17, 15) is 0 Å². The van der Waals surface area contributed by atoms with Crippen molar-refractivity contribution < 1.29 is 9.47 Å². The fourth-order valence-electron chi connectivity index (χ4n) is 1.52. The average Bonchev–Trinajstić information content (AvgIpc) is 2.79. The molecule has 1 atom stereocenters. The predicted molar refractivity (Wildman–Crippen MR) is 66.1 cm³/mol. The third-order valence-corrected chi connectivity index (χ3v) is 2.47. The minimum atomic E-state index is 0.348. The maximum Gasteiger partial charge on any atom is 0.231 e. The van der Waals surface area contributed by atoms with E-state index < -0.39 is 0 Å². The topological polar surface area (TPSA) is 30.5 Å². The summed E-state index contributed by atoms with van der Waals surface area (Å²) in [5, 5.41) is 3.21. The molecule has 0 aliphatic carbocycles. The second-order valence-corrected chi connectivity index (χ2v) is 3.58. The molecule has 90 valence electrons. The van der Waals surface area contributed by atoms with Crippen molar-refractivity contribution in [3.8, 4) is 11.5 Å². The van der Waals surface area contributed by atoms with Crippen molar-refractivity contribution in [2.75, 3.05) is 13.8 Å². The van der Waals surface area contributed by atoms with Crippen LogP contribution in [0.25, 0.3) is 0 Å². The minimum Gasteiger partial charge on any atom is -0.454 e. The second kappa shape index (κ2) is 6.38. The Labute approximate surface area is 97.8 Å². The van der Waals surface area contributed by atoms with Crippen LogP contribution in [0.3, 0.4) is 0 Å². The van der Waals surface area contributed by atoms with Crippen LogP contribution in [0.1, 0.15) is 26.3 Å². The van der Waals surface area contributed by atoms with Gasteiger partial charge in [0.1, 0.15) is 0 Å². The Morgan fingerprint density at radius 1 is 1.25 bits per heavy atom. The summed E-state index contributed by atoms with van der Waals surface area (Å²) in [7, 11) is 1.97. The molecule has 1 aromatic carbocycles. The molecule has 0 fully saturated rings. The Kier molecular flexibility index (Phi) is 5.12. The average molecular weight is 223 g/mol. The molecule has 1 aliphatic rings. The maximum absolute atomic E-state index is 5.31. The van der Waals surface area contributed by atoms with Crippen LogP contribution in [0.5, 0.6) is 11.5 Å². The highest BCUT2D eigenvalue weighted by Gasteiger charge is 2.13. The summed E-state index contributed by atoms with van der Waals surface area (Å²) in [6.45, 7) is 6.50. The third kappa shape index (κ3) is 3.14. The van der Waals surface area contributed by atoms with E-state index in [1.807, 2.05) is 27.0 Å². The van der Waals surface area contributed by atoms with E-state index in [0.29, 0.717) is 12.8 Å². The molecular weight excluding hydrogens is 202 g/mol. The van der Waals surface area contributed by atoms with Gasteiger partial charge in [0.25, 0.3) is 0 Å². The molecule has 3 heteroatoms. The Balaban J connectivity index is 0.000000606. The second-order valence-electron chi connectivity index (χ2n) is 3.58. The van der Waals surface area contributed by atoms with Crippen molar-refractivity contribution in [1.29, 1.82) is 0 Å². The lowest BCUT2D eigenvalue weighted by Crippen LogP contribution is -2.23. The van der Waals surface area contributed by atoms with Gasteiger partial charge in [-0.15, -0.1) is 0 Å². The Bertz CT molecular complexity index is 326. The Morgan fingerprint density at radius 3 is 2.62 bits per heavy atom. The van der Waals surface area contributed by atoms with Gasteiger partial charge in [-0.2, -0.15) is 0 Å². The summed E-state index contributed by atoms with van der Waals surface area (Å²) >= 11 is 0. The van der Waals surface area contributed by atoms with Crippen molar-refractivity contribution in [3.63, 3.8) is 0 Å². The number of ether oxygens (including phenoxy) is 2. The molecule has 16 heavy (non-hydrogen) atoms. The van der Waals surface area contributed by atoms with Crippen LogP contribution >= 0.6 is 0 Å². The number of nitrogens with one attached hydrogen (secondary N) is 1. The van der Waals surface area contributed by atoms with E-state index >= 15 is 0 Å². The van der Waals surface area contributed by atoms with Crippen LogP contribution in [0.4, 0.5) is 0 Å². The van der Waals surface area contributed by atoms with Crippen LogP contribution in [0.2, 0.25) is 0 Å². The van der Waals surface area contributed by atoms with E-state index in [4.69, 9.17) is 9.47 Å². The summed E-state index contributed by atoms with van der Waals surface area (Å²) in [6, 6.07) is 6.59. The number of rotatable bonds is 3. The molecule has 0 amide bonds. The van der Waals surface area contributed by atoms with Crippen molar-refractivity contribution in [2.24, 2.45) is 0 Å². The van der Waals surface area contributed by atoms with Gasteiger partial charge in [-0.05, 0) is 38.1 Å². The van der Waals surface area contributed by atoms with Gasteiger partial charge >= 0.3 is 0 Å². The SMILES string of the molecule is CC.CNC(C)Cc1ccc2c(c1)OCO2. The fraction of sp³-hybridized carbons (Fsp3) is 0.538. The lowest BCUT2D eigenvalue weighted by Gasteiger charge is -2.09. The van der Waals surface area contributed by atoms with Crippen molar-refractivity contribution in [1.82, 2.24) is 5.32 Å². The molecule has 0 aromatic heterocycles. The van der Waals surface area contributed by atoms with Gasteiger partial charge in [0, 0.05) is 6.04 Å². The molecule has 2 rings (SSSR count). The van der Waals surface area contributed by atoms with Gasteiger partial charge in [0.2, 0.25) is 6.79 Å². The van der Waals surface area contributed by atoms with Gasteiger partial charge < -0.3 is 14.8 Å². The zero-order valence-corrected chi connectivity index (χ0v) is 10.5. The van der Waals surface area contributed by atoms with Crippen LogP contribution in [0, 0.1) is 0 Å². The summed E-state index contributed by atoms with van der Waals surface area (Å²) in [6.07, 6.45) is 1.01. The number of fused-ring (bicyclic) bond motifs is 1. The monoisotopic (exact) mass is 223 g/mol. The molecule has 3 nitrogen and oxygen atoms in total. The summed E-state index contributed by atoms with van der Waals surface area (Å²) < 4.78 is 10.6. The largest absolute Gasteiger partial charge is 0.454 e. The predicted octanol–water partition coefficient (Wildman–Crippen LogP) is 2.59. The lowest BCUT2D eigenvalue weighted by atomic mass is 10.1. The Morgan fingerprint density at radius 2 is 1.94 bits per heavy atom. The van der Waals surface area contributed by atoms with Crippen LogP contribution < -0.4 is 14.8 Å². The molecule has 0 saturated carbocycles. The maximum atomic E-state index is 5.31. The van der Waals surface area contributed by atoms with Crippen molar-refractivity contribution >= 4 is 0 Å². The first-order chi connectivity index (χ1) is 7.79. The first kappa shape index (κ1) is 12.8. The van der Waals surface area contributed by atoms with E-state index in [-0.39, 0.29) is 0 Å². The Hall–Kier alpha value is -1.22. The van der Waals surface area contributed by atoms with Crippen molar-refractivity contribution in [3.05, 3.63) is 23.8 Å². The molecule has 0 radical (unpaired) electrons. The molecule has 1 aliphatic heterocycles. The quantitative estimate of drug-likeness (QED) is 0.854. The number of likely N-dealkylation sites (N-methyl/N-ethyl adjacent to an activating group) is 1. The minimum absolute atomic E-state index is 0.348. The van der Waals surface area contributed by atoms with Gasteiger partial charge in [-0.1, -0.05) is 19.9 Å². The number of benzene rings is 1. The van der Waals surface area contributed by atoms with Gasteiger partial charge in [0.15, 0.2) is 11.5 Å². The van der Waals surface area contributed by atoms with E-state index in [1.165, 1.54) is 5.56 Å². The van der Waals surface area contributed by atoms with Crippen LogP contribution in [-0.2, 0) is 6.42 Å². The molecule has 0 spiro atoms. The highest BCUT2D eigenvalue weighted by molar-refractivity contribution is 5.44. The van der Waals surface area contributed by atoms with Gasteiger partial charge in [-0.25, -0.2) is 0 Å². The molecule has 0 bridgehead atoms. The highest BCUT2D eigenvalue weighted by Crippen LogP contribution is 2.32. The zero-order chi connectivity index (χ0) is 12.0. The molecule has 1 N–H and O–H groups in total. The molecular formula is C13H21NO2. The van der Waals surface area contributed by atoms with Crippen LogP contribution in [0.15, 0.2) is 18.2 Å². The smallest absolute Gasteiger partial charge is 0.231 e. The zero-order valence-electron chi connectivity index (χ0n) is 10.5. The van der Waals surface area contributed by atoms with Crippen LogP contribution in [-0.4, -0.2) is 19.9 Å². The summed E-state index contributed by atoms with van der Waals surface area (Å²) in [4.78, 5) is 0. The molecule has 1 unspecified atom stereocenters. The molecule has 1 heterocycles. The highest BCUT2D eigenvalue weighted by atomic mass is 16.7. The van der Waals surface area contributed by atoms with E-state index in [1.54, 1.807) is 0 Å². The third-order valence-electron chi connectivity index (χ3n) is 2.47. The first-order valence-corrected chi connectivity index (χ1v) is 5.85. The van der Waals surface area contributed by atoms with Gasteiger partial charge in [-0.3, -0.25) is 0 Å².